The number of benzene rings is 1. The molecule has 3 aromatic heterocycles. The predicted molar refractivity (Wildman–Crippen MR) is 113 cm³/mol. The molecule has 29 heavy (non-hydrogen) atoms. The summed E-state index contributed by atoms with van der Waals surface area (Å²) in [4.78, 5) is 30.1. The van der Waals surface area contributed by atoms with Gasteiger partial charge in [0.15, 0.2) is 0 Å². The van der Waals surface area contributed by atoms with Crippen molar-refractivity contribution in [3.63, 3.8) is 0 Å². The summed E-state index contributed by atoms with van der Waals surface area (Å²) in [5.74, 6) is 1.25. The third-order valence-corrected chi connectivity index (χ3v) is 6.49. The average molecular weight is 407 g/mol. The van der Waals surface area contributed by atoms with Gasteiger partial charge in [-0.2, -0.15) is 5.10 Å². The first-order valence-electron chi connectivity index (χ1n) is 9.75. The molecule has 5 rings (SSSR count). The highest BCUT2D eigenvalue weighted by molar-refractivity contribution is 7.12. The number of H-pyrrole nitrogens is 2. The minimum absolute atomic E-state index is 0.0850. The number of likely N-dealkylation sites (tertiary alicyclic amines) is 1. The Morgan fingerprint density at radius 1 is 1.21 bits per heavy atom. The number of nitrogens with zero attached hydrogens (tertiary/aromatic N) is 3. The lowest BCUT2D eigenvalue weighted by molar-refractivity contribution is 0.0690. The van der Waals surface area contributed by atoms with E-state index in [-0.39, 0.29) is 11.6 Å². The summed E-state index contributed by atoms with van der Waals surface area (Å²) >= 11 is 1.52. The van der Waals surface area contributed by atoms with Crippen LogP contribution >= 0.6 is 11.3 Å². The van der Waals surface area contributed by atoms with Gasteiger partial charge in [0.1, 0.15) is 10.8 Å². The van der Waals surface area contributed by atoms with Crippen molar-refractivity contribution in [2.45, 2.75) is 19.3 Å². The quantitative estimate of drug-likeness (QED) is 0.545. The first kappa shape index (κ1) is 17.9. The number of aromatic amines is 2. The number of fused-ring (bicyclic) bond motifs is 1. The van der Waals surface area contributed by atoms with Gasteiger partial charge in [-0.1, -0.05) is 0 Å². The highest BCUT2D eigenvalue weighted by atomic mass is 32.1. The number of aromatic nitrogens is 4. The van der Waals surface area contributed by atoms with E-state index in [0.29, 0.717) is 5.92 Å². The van der Waals surface area contributed by atoms with Gasteiger partial charge < -0.3 is 9.88 Å². The maximum absolute atomic E-state index is 12.9. The van der Waals surface area contributed by atoms with E-state index in [0.717, 1.165) is 59.6 Å². The van der Waals surface area contributed by atoms with E-state index in [1.54, 1.807) is 4.57 Å². The maximum Gasteiger partial charge on any atom is 0.348 e. The molecule has 148 valence electrons. The second-order valence-corrected chi connectivity index (χ2v) is 8.38. The van der Waals surface area contributed by atoms with Gasteiger partial charge in [-0.15, -0.1) is 11.3 Å². The zero-order valence-electron chi connectivity index (χ0n) is 15.8. The molecule has 0 unspecified atom stereocenters. The summed E-state index contributed by atoms with van der Waals surface area (Å²) in [6, 6.07) is 11.6. The lowest BCUT2D eigenvalue weighted by atomic mass is 9.92. The van der Waals surface area contributed by atoms with Crippen LogP contribution in [-0.4, -0.2) is 43.6 Å². The van der Waals surface area contributed by atoms with Crippen LogP contribution < -0.4 is 5.69 Å². The molecule has 0 radical (unpaired) electrons. The van der Waals surface area contributed by atoms with Crippen LogP contribution in [0.3, 0.4) is 0 Å². The molecule has 1 amide bonds. The average Bonchev–Trinajstić information content (AvgIpc) is 3.49. The van der Waals surface area contributed by atoms with E-state index in [2.05, 4.69) is 15.2 Å². The molecule has 1 aromatic carbocycles. The van der Waals surface area contributed by atoms with Crippen LogP contribution in [-0.2, 0) is 6.42 Å². The zero-order chi connectivity index (χ0) is 19.8. The van der Waals surface area contributed by atoms with E-state index >= 15 is 0 Å². The van der Waals surface area contributed by atoms with Crippen LogP contribution in [0.2, 0.25) is 0 Å². The zero-order valence-corrected chi connectivity index (χ0v) is 16.6. The molecule has 4 heterocycles. The SMILES string of the molecule is O=C(c1ccc2[nH]ccc2c1)N1CCC(Cc2n[nH]c(=O)n2-c2cccs2)CC1. The van der Waals surface area contributed by atoms with Gasteiger partial charge in [0.25, 0.3) is 5.91 Å². The van der Waals surface area contributed by atoms with Crippen LogP contribution in [0.4, 0.5) is 0 Å². The number of hydrogen-bond donors (Lipinski definition) is 2. The topological polar surface area (TPSA) is 86.8 Å². The lowest BCUT2D eigenvalue weighted by Crippen LogP contribution is -2.39. The summed E-state index contributed by atoms with van der Waals surface area (Å²) in [5, 5.41) is 10.7. The maximum atomic E-state index is 12.9. The fourth-order valence-corrected chi connectivity index (χ4v) is 4.81. The minimum Gasteiger partial charge on any atom is -0.361 e. The fourth-order valence-electron chi connectivity index (χ4n) is 4.06. The van der Waals surface area contributed by atoms with Gasteiger partial charge in [0.2, 0.25) is 0 Å². The number of amides is 1. The number of rotatable bonds is 4. The Morgan fingerprint density at radius 3 is 2.86 bits per heavy atom. The van der Waals surface area contributed by atoms with Crippen LogP contribution in [0, 0.1) is 5.92 Å². The molecule has 1 saturated heterocycles. The van der Waals surface area contributed by atoms with Crippen LogP contribution in [0.5, 0.6) is 0 Å². The first-order valence-corrected chi connectivity index (χ1v) is 10.6. The third kappa shape index (κ3) is 3.40. The molecule has 2 N–H and O–H groups in total. The van der Waals surface area contributed by atoms with Crippen molar-refractivity contribution in [1.82, 2.24) is 24.6 Å². The standard InChI is InChI=1S/C21H21N5O2S/c27-20(16-3-4-17-15(13-16)5-8-22-17)25-9-6-14(7-10-25)12-18-23-24-21(28)26(18)19-2-1-11-29-19/h1-5,8,11,13-14,22H,6-7,9-10,12H2,(H,24,28). The van der Waals surface area contributed by atoms with Gasteiger partial charge in [-0.3, -0.25) is 4.79 Å². The Balaban J connectivity index is 1.25. The van der Waals surface area contributed by atoms with E-state index in [9.17, 15) is 9.59 Å². The largest absolute Gasteiger partial charge is 0.361 e. The van der Waals surface area contributed by atoms with Crippen molar-refractivity contribution in [3.8, 4) is 5.00 Å². The van der Waals surface area contributed by atoms with E-state index in [1.807, 2.05) is 52.9 Å². The summed E-state index contributed by atoms with van der Waals surface area (Å²) in [7, 11) is 0. The van der Waals surface area contributed by atoms with Crippen LogP contribution in [0.1, 0.15) is 29.0 Å². The smallest absolute Gasteiger partial charge is 0.348 e. The highest BCUT2D eigenvalue weighted by Crippen LogP contribution is 2.24. The molecule has 1 fully saturated rings. The monoisotopic (exact) mass is 407 g/mol. The molecule has 7 nitrogen and oxygen atoms in total. The molecule has 4 aromatic rings. The summed E-state index contributed by atoms with van der Waals surface area (Å²) in [6.07, 6.45) is 4.43. The number of carbonyl (C=O) groups excluding carboxylic acids is 1. The molecule has 8 heteroatoms. The Labute approximate surface area is 171 Å². The highest BCUT2D eigenvalue weighted by Gasteiger charge is 2.26. The molecule has 0 bridgehead atoms. The van der Waals surface area contributed by atoms with Gasteiger partial charge in [0.05, 0.1) is 0 Å². The number of hydrogen-bond acceptors (Lipinski definition) is 4. The third-order valence-electron chi connectivity index (χ3n) is 5.64. The molecule has 0 atom stereocenters. The molecule has 0 saturated carbocycles. The normalized spacial score (nSPS) is 15.2. The summed E-state index contributed by atoms with van der Waals surface area (Å²) in [5.41, 5.74) is 1.57. The molecular weight excluding hydrogens is 386 g/mol. The first-order chi connectivity index (χ1) is 14.2. The second-order valence-electron chi connectivity index (χ2n) is 7.45. The van der Waals surface area contributed by atoms with Crippen LogP contribution in [0.15, 0.2) is 52.8 Å². The van der Waals surface area contributed by atoms with Gasteiger partial charge in [-0.25, -0.2) is 14.5 Å². The fraction of sp³-hybridized carbons (Fsp3) is 0.286. The van der Waals surface area contributed by atoms with Crippen LogP contribution in [0.25, 0.3) is 15.9 Å². The van der Waals surface area contributed by atoms with Gasteiger partial charge >= 0.3 is 5.69 Å². The summed E-state index contributed by atoms with van der Waals surface area (Å²) in [6.45, 7) is 1.45. The van der Waals surface area contributed by atoms with Gasteiger partial charge in [0, 0.05) is 42.2 Å². The summed E-state index contributed by atoms with van der Waals surface area (Å²) < 4.78 is 1.66. The number of thiophene rings is 1. The molecular formula is C21H21N5O2S. The van der Waals surface area contributed by atoms with Crippen molar-refractivity contribution in [3.05, 3.63) is 69.8 Å². The molecule has 0 aliphatic carbocycles. The Bertz CT molecular complexity index is 1200. The van der Waals surface area contributed by atoms with Crippen molar-refractivity contribution in [1.29, 1.82) is 0 Å². The Morgan fingerprint density at radius 2 is 2.07 bits per heavy atom. The van der Waals surface area contributed by atoms with Crippen molar-refractivity contribution in [2.24, 2.45) is 5.92 Å². The number of piperidine rings is 1. The van der Waals surface area contributed by atoms with E-state index in [4.69, 9.17) is 0 Å². The number of nitrogens with one attached hydrogen (secondary N) is 2. The molecule has 1 aliphatic rings. The van der Waals surface area contributed by atoms with Crippen molar-refractivity contribution >= 4 is 28.1 Å². The number of carbonyl (C=O) groups is 1. The molecule has 1 aliphatic heterocycles. The predicted octanol–water partition coefficient (Wildman–Crippen LogP) is 3.20. The van der Waals surface area contributed by atoms with Gasteiger partial charge in [-0.05, 0) is 60.5 Å². The van der Waals surface area contributed by atoms with Crippen molar-refractivity contribution < 1.29 is 4.79 Å². The Hall–Kier alpha value is -3.13. The second kappa shape index (κ2) is 7.36. The van der Waals surface area contributed by atoms with Crippen molar-refractivity contribution in [2.75, 3.05) is 13.1 Å². The minimum atomic E-state index is -0.199. The van der Waals surface area contributed by atoms with E-state index < -0.39 is 0 Å². The molecule has 0 spiro atoms. The Kier molecular flexibility index (Phi) is 4.55. The lowest BCUT2D eigenvalue weighted by Gasteiger charge is -2.32. The van der Waals surface area contributed by atoms with E-state index in [1.165, 1.54) is 11.3 Å².